The van der Waals surface area contributed by atoms with Crippen molar-refractivity contribution in [3.05, 3.63) is 46.1 Å². The van der Waals surface area contributed by atoms with E-state index in [9.17, 15) is 0 Å². The van der Waals surface area contributed by atoms with Crippen LogP contribution in [-0.4, -0.2) is 0 Å². The van der Waals surface area contributed by atoms with Crippen molar-refractivity contribution < 1.29 is 0 Å². The summed E-state index contributed by atoms with van der Waals surface area (Å²) in [6, 6.07) is 9.02. The summed E-state index contributed by atoms with van der Waals surface area (Å²) in [5, 5.41) is 0. The van der Waals surface area contributed by atoms with Crippen LogP contribution in [0.5, 0.6) is 0 Å². The fraction of sp³-hybridized carbons (Fsp3) is 0.429. The largest absolute Gasteiger partial charge is 0.103 e. The van der Waals surface area contributed by atoms with Crippen LogP contribution in [0.15, 0.2) is 36.9 Å². The molecule has 15 heavy (non-hydrogen) atoms. The van der Waals surface area contributed by atoms with Gasteiger partial charge < -0.3 is 0 Å². The highest BCUT2D eigenvalue weighted by molar-refractivity contribution is 14.1. The summed E-state index contributed by atoms with van der Waals surface area (Å²) in [6.45, 7) is 3.89. The highest BCUT2D eigenvalue weighted by Gasteiger charge is 2.20. The normalized spacial score (nSPS) is 26.2. The van der Waals surface area contributed by atoms with Crippen molar-refractivity contribution in [1.82, 2.24) is 0 Å². The minimum absolute atomic E-state index is 0.769. The third-order valence-electron chi connectivity index (χ3n) is 3.45. The van der Waals surface area contributed by atoms with Crippen LogP contribution < -0.4 is 0 Å². The molecule has 0 nitrogen and oxygen atoms in total. The van der Waals surface area contributed by atoms with Gasteiger partial charge in [-0.3, -0.25) is 0 Å². The molecule has 1 fully saturated rings. The van der Waals surface area contributed by atoms with Crippen LogP contribution in [0.2, 0.25) is 0 Å². The quantitative estimate of drug-likeness (QED) is 0.546. The topological polar surface area (TPSA) is 0 Å². The lowest BCUT2D eigenvalue weighted by Gasteiger charge is -2.26. The van der Waals surface area contributed by atoms with Gasteiger partial charge in [-0.05, 0) is 77.8 Å². The van der Waals surface area contributed by atoms with E-state index in [0.29, 0.717) is 0 Å². The summed E-state index contributed by atoms with van der Waals surface area (Å²) in [5.41, 5.74) is 1.53. The molecule has 0 aliphatic heterocycles. The van der Waals surface area contributed by atoms with E-state index in [0.717, 1.165) is 11.8 Å². The second-order valence-electron chi connectivity index (χ2n) is 4.40. The van der Waals surface area contributed by atoms with Crippen LogP contribution >= 0.6 is 22.6 Å². The molecule has 1 heteroatoms. The molecule has 1 aliphatic rings. The first-order valence-electron chi connectivity index (χ1n) is 5.67. The molecule has 0 heterocycles. The van der Waals surface area contributed by atoms with Gasteiger partial charge >= 0.3 is 0 Å². The maximum absolute atomic E-state index is 3.89. The molecule has 0 radical (unpaired) electrons. The van der Waals surface area contributed by atoms with E-state index in [1.807, 2.05) is 0 Å². The number of allylic oxidation sites excluding steroid dienone is 1. The van der Waals surface area contributed by atoms with Gasteiger partial charge in [-0.1, -0.05) is 18.2 Å². The fourth-order valence-electron chi connectivity index (χ4n) is 2.42. The highest BCUT2D eigenvalue weighted by Crippen LogP contribution is 2.36. The van der Waals surface area contributed by atoms with Crippen LogP contribution in [-0.2, 0) is 0 Å². The molecule has 0 N–H and O–H groups in total. The van der Waals surface area contributed by atoms with Gasteiger partial charge in [0.05, 0.1) is 0 Å². The van der Waals surface area contributed by atoms with Crippen molar-refractivity contribution in [2.45, 2.75) is 31.6 Å². The standard InChI is InChI=1S/C14H17I/c1-2-11-3-5-12(6-4-11)13-7-9-14(15)10-8-13/h2,7-12H,1,3-6H2. The molecule has 1 aromatic carbocycles. The first-order valence-corrected chi connectivity index (χ1v) is 6.75. The van der Waals surface area contributed by atoms with Crippen molar-refractivity contribution in [3.63, 3.8) is 0 Å². The van der Waals surface area contributed by atoms with E-state index in [1.54, 1.807) is 0 Å². The molecule has 1 saturated carbocycles. The molecule has 1 aliphatic carbocycles. The molecular weight excluding hydrogens is 295 g/mol. The fourth-order valence-corrected chi connectivity index (χ4v) is 2.78. The van der Waals surface area contributed by atoms with Gasteiger partial charge in [0.25, 0.3) is 0 Å². The van der Waals surface area contributed by atoms with Crippen LogP contribution in [0.3, 0.4) is 0 Å². The summed E-state index contributed by atoms with van der Waals surface area (Å²) in [6.07, 6.45) is 7.43. The average molecular weight is 312 g/mol. The lowest BCUT2D eigenvalue weighted by atomic mass is 9.79. The smallest absolute Gasteiger partial charge is 0.0130 e. The predicted molar refractivity (Wildman–Crippen MR) is 74.1 cm³/mol. The summed E-state index contributed by atoms with van der Waals surface area (Å²) >= 11 is 2.36. The molecule has 0 unspecified atom stereocenters. The summed E-state index contributed by atoms with van der Waals surface area (Å²) in [7, 11) is 0. The lowest BCUT2D eigenvalue weighted by Crippen LogP contribution is -2.11. The lowest BCUT2D eigenvalue weighted by molar-refractivity contribution is 0.376. The zero-order chi connectivity index (χ0) is 10.7. The molecule has 0 spiro atoms. The Morgan fingerprint density at radius 2 is 1.67 bits per heavy atom. The van der Waals surface area contributed by atoms with Gasteiger partial charge in [0.15, 0.2) is 0 Å². The van der Waals surface area contributed by atoms with Gasteiger partial charge in [-0.25, -0.2) is 0 Å². The Morgan fingerprint density at radius 1 is 1.07 bits per heavy atom. The minimum Gasteiger partial charge on any atom is -0.103 e. The van der Waals surface area contributed by atoms with Crippen molar-refractivity contribution in [3.8, 4) is 0 Å². The number of rotatable bonds is 2. The van der Waals surface area contributed by atoms with Gasteiger partial charge in [0, 0.05) is 3.57 Å². The molecule has 2 rings (SSSR count). The van der Waals surface area contributed by atoms with E-state index in [2.05, 4.69) is 59.5 Å². The maximum atomic E-state index is 3.89. The second-order valence-corrected chi connectivity index (χ2v) is 5.64. The van der Waals surface area contributed by atoms with Crippen LogP contribution in [0, 0.1) is 9.49 Å². The van der Waals surface area contributed by atoms with Gasteiger partial charge in [-0.2, -0.15) is 0 Å². The van der Waals surface area contributed by atoms with Gasteiger partial charge in [0.2, 0.25) is 0 Å². The SMILES string of the molecule is C=CC1CCC(c2ccc(I)cc2)CC1. The number of benzene rings is 1. The zero-order valence-electron chi connectivity index (χ0n) is 8.95. The summed E-state index contributed by atoms with van der Waals surface area (Å²) in [4.78, 5) is 0. The molecule has 0 bridgehead atoms. The van der Waals surface area contributed by atoms with Crippen molar-refractivity contribution in [2.24, 2.45) is 5.92 Å². The van der Waals surface area contributed by atoms with Crippen molar-refractivity contribution in [2.75, 3.05) is 0 Å². The van der Waals surface area contributed by atoms with Gasteiger partial charge in [0.1, 0.15) is 0 Å². The van der Waals surface area contributed by atoms with Crippen molar-refractivity contribution >= 4 is 22.6 Å². The first kappa shape index (κ1) is 11.2. The van der Waals surface area contributed by atoms with E-state index < -0.39 is 0 Å². The minimum atomic E-state index is 0.769. The van der Waals surface area contributed by atoms with Gasteiger partial charge in [-0.15, -0.1) is 6.58 Å². The second kappa shape index (κ2) is 5.15. The molecule has 80 valence electrons. The number of halogens is 1. The molecule has 0 amide bonds. The Labute approximate surface area is 106 Å². The predicted octanol–water partition coefficient (Wildman–Crippen LogP) is 4.75. The van der Waals surface area contributed by atoms with E-state index in [4.69, 9.17) is 0 Å². The average Bonchev–Trinajstić information content (AvgIpc) is 2.30. The van der Waals surface area contributed by atoms with E-state index in [1.165, 1.54) is 34.8 Å². The Balaban J connectivity index is 2.01. The third kappa shape index (κ3) is 2.83. The summed E-state index contributed by atoms with van der Waals surface area (Å²) < 4.78 is 1.33. The molecular formula is C14H17I. The monoisotopic (exact) mass is 312 g/mol. The Hall–Kier alpha value is -0.310. The number of hydrogen-bond donors (Lipinski definition) is 0. The Bertz CT molecular complexity index is 318. The maximum Gasteiger partial charge on any atom is 0.0130 e. The molecule has 1 aromatic rings. The van der Waals surface area contributed by atoms with Crippen LogP contribution in [0.1, 0.15) is 37.2 Å². The Morgan fingerprint density at radius 3 is 2.20 bits per heavy atom. The van der Waals surface area contributed by atoms with Crippen molar-refractivity contribution in [1.29, 1.82) is 0 Å². The first-order chi connectivity index (χ1) is 7.29. The van der Waals surface area contributed by atoms with E-state index >= 15 is 0 Å². The van der Waals surface area contributed by atoms with Crippen LogP contribution in [0.4, 0.5) is 0 Å². The molecule has 0 aromatic heterocycles. The van der Waals surface area contributed by atoms with Crippen LogP contribution in [0.25, 0.3) is 0 Å². The zero-order valence-corrected chi connectivity index (χ0v) is 11.1. The van der Waals surface area contributed by atoms with E-state index in [-0.39, 0.29) is 0 Å². The molecule has 0 atom stereocenters. The number of hydrogen-bond acceptors (Lipinski definition) is 0. The molecule has 0 saturated heterocycles. The highest BCUT2D eigenvalue weighted by atomic mass is 127. The third-order valence-corrected chi connectivity index (χ3v) is 4.17. The Kier molecular flexibility index (Phi) is 3.84. The summed E-state index contributed by atoms with van der Waals surface area (Å²) in [5.74, 6) is 1.56.